The van der Waals surface area contributed by atoms with Crippen LogP contribution in [0.4, 0.5) is 0 Å². The molecule has 32 heavy (non-hydrogen) atoms. The Hall–Kier alpha value is -3.07. The van der Waals surface area contributed by atoms with Crippen LogP contribution in [-0.2, 0) is 27.7 Å². The second-order valence-electron chi connectivity index (χ2n) is 8.48. The maximum Gasteiger partial charge on any atom is 0.246 e. The first-order chi connectivity index (χ1) is 15.3. The standard InChI is InChI=1S/C23H27N5O3S/c1-17(2)19-8-10-20(11-9-19)23-24-26-28(25-23)15-22(29)27(14-18-6-4-3-5-7-18)21-12-13-32(30,31)16-21/h3-11,17,21H,12-16H2,1-2H3/t21-/m1/s1. The summed E-state index contributed by atoms with van der Waals surface area (Å²) in [7, 11) is -3.13. The van der Waals surface area contributed by atoms with Crippen molar-refractivity contribution >= 4 is 15.7 Å². The summed E-state index contributed by atoms with van der Waals surface area (Å²) in [6.07, 6.45) is 0.444. The van der Waals surface area contributed by atoms with Crippen LogP contribution in [0.25, 0.3) is 11.4 Å². The Kier molecular flexibility index (Phi) is 6.36. The van der Waals surface area contributed by atoms with Crippen molar-refractivity contribution in [3.63, 3.8) is 0 Å². The van der Waals surface area contributed by atoms with Crippen LogP contribution < -0.4 is 0 Å². The SMILES string of the molecule is CC(C)c1ccc(-c2nnn(CC(=O)N(Cc3ccccc3)[C@@H]3CCS(=O)(=O)C3)n2)cc1. The number of carbonyl (C=O) groups is 1. The summed E-state index contributed by atoms with van der Waals surface area (Å²) in [5.74, 6) is 0.750. The lowest BCUT2D eigenvalue weighted by Gasteiger charge is -2.28. The number of amides is 1. The minimum absolute atomic E-state index is 0.0101. The van der Waals surface area contributed by atoms with Crippen molar-refractivity contribution in [2.75, 3.05) is 11.5 Å². The van der Waals surface area contributed by atoms with Crippen molar-refractivity contribution in [3.8, 4) is 11.4 Å². The number of benzene rings is 2. The molecular weight excluding hydrogens is 426 g/mol. The van der Waals surface area contributed by atoms with Gasteiger partial charge in [0.1, 0.15) is 6.54 Å². The first-order valence-electron chi connectivity index (χ1n) is 10.7. The van der Waals surface area contributed by atoms with E-state index in [2.05, 4.69) is 29.3 Å². The van der Waals surface area contributed by atoms with Gasteiger partial charge in [-0.05, 0) is 28.7 Å². The van der Waals surface area contributed by atoms with Crippen LogP contribution in [-0.4, -0.2) is 57.0 Å². The predicted octanol–water partition coefficient (Wildman–Crippen LogP) is 2.68. The maximum atomic E-state index is 13.2. The largest absolute Gasteiger partial charge is 0.333 e. The van der Waals surface area contributed by atoms with Crippen LogP contribution in [0, 0.1) is 0 Å². The van der Waals surface area contributed by atoms with E-state index >= 15 is 0 Å². The molecule has 8 nitrogen and oxygen atoms in total. The highest BCUT2D eigenvalue weighted by Gasteiger charge is 2.35. The van der Waals surface area contributed by atoms with Gasteiger partial charge >= 0.3 is 0 Å². The van der Waals surface area contributed by atoms with E-state index in [9.17, 15) is 13.2 Å². The molecule has 0 N–H and O–H groups in total. The fourth-order valence-corrected chi connectivity index (χ4v) is 5.61. The Balaban J connectivity index is 1.50. The van der Waals surface area contributed by atoms with Crippen molar-refractivity contribution in [2.45, 2.75) is 45.3 Å². The lowest BCUT2D eigenvalue weighted by Crippen LogP contribution is -2.42. The highest BCUT2D eigenvalue weighted by Crippen LogP contribution is 2.22. The number of hydrogen-bond acceptors (Lipinski definition) is 6. The molecular formula is C23H27N5O3S. The van der Waals surface area contributed by atoms with Gasteiger partial charge in [-0.15, -0.1) is 10.2 Å². The van der Waals surface area contributed by atoms with E-state index in [1.54, 1.807) is 4.90 Å². The average molecular weight is 454 g/mol. The van der Waals surface area contributed by atoms with E-state index in [1.165, 1.54) is 10.4 Å². The van der Waals surface area contributed by atoms with Gasteiger partial charge in [-0.25, -0.2) is 8.42 Å². The summed E-state index contributed by atoms with van der Waals surface area (Å²) in [4.78, 5) is 16.1. The quantitative estimate of drug-likeness (QED) is 0.546. The lowest BCUT2D eigenvalue weighted by atomic mass is 10.0. The number of rotatable bonds is 7. The van der Waals surface area contributed by atoms with Gasteiger partial charge in [0, 0.05) is 18.2 Å². The van der Waals surface area contributed by atoms with Crippen LogP contribution >= 0.6 is 0 Å². The van der Waals surface area contributed by atoms with Crippen molar-refractivity contribution in [1.29, 1.82) is 0 Å². The van der Waals surface area contributed by atoms with Gasteiger partial charge in [-0.3, -0.25) is 4.79 Å². The average Bonchev–Trinajstić information content (AvgIpc) is 3.38. The molecule has 1 atom stereocenters. The van der Waals surface area contributed by atoms with Crippen molar-refractivity contribution < 1.29 is 13.2 Å². The molecule has 4 rings (SSSR count). The fourth-order valence-electron chi connectivity index (χ4n) is 3.88. The highest BCUT2D eigenvalue weighted by molar-refractivity contribution is 7.91. The number of carbonyl (C=O) groups excluding carboxylic acids is 1. The molecule has 2 heterocycles. The van der Waals surface area contributed by atoms with Gasteiger partial charge in [0.05, 0.1) is 11.5 Å². The highest BCUT2D eigenvalue weighted by atomic mass is 32.2. The molecule has 0 bridgehead atoms. The Morgan fingerprint density at radius 1 is 1.12 bits per heavy atom. The molecule has 0 saturated carbocycles. The van der Waals surface area contributed by atoms with Crippen LogP contribution in [0.15, 0.2) is 54.6 Å². The number of nitrogens with zero attached hydrogens (tertiary/aromatic N) is 5. The first kappa shape index (κ1) is 22.1. The zero-order chi connectivity index (χ0) is 22.7. The van der Waals surface area contributed by atoms with Gasteiger partial charge in [0.2, 0.25) is 11.7 Å². The molecule has 1 fully saturated rings. The minimum atomic E-state index is -3.13. The van der Waals surface area contributed by atoms with Gasteiger partial charge in [-0.2, -0.15) is 4.80 Å². The van der Waals surface area contributed by atoms with Crippen molar-refractivity contribution in [2.24, 2.45) is 0 Å². The molecule has 168 valence electrons. The molecule has 1 aliphatic heterocycles. The van der Waals surface area contributed by atoms with Gasteiger partial charge in [-0.1, -0.05) is 68.4 Å². The number of aromatic nitrogens is 4. The summed E-state index contributed by atoms with van der Waals surface area (Å²) >= 11 is 0. The van der Waals surface area contributed by atoms with Crippen LogP contribution in [0.3, 0.4) is 0 Å². The van der Waals surface area contributed by atoms with E-state index in [4.69, 9.17) is 0 Å². The van der Waals surface area contributed by atoms with Crippen LogP contribution in [0.1, 0.15) is 37.3 Å². The van der Waals surface area contributed by atoms with Crippen LogP contribution in [0.2, 0.25) is 0 Å². The molecule has 0 radical (unpaired) electrons. The third kappa shape index (κ3) is 5.21. The van der Waals surface area contributed by atoms with Gasteiger partial charge in [0.15, 0.2) is 9.84 Å². The predicted molar refractivity (Wildman–Crippen MR) is 121 cm³/mol. The summed E-state index contributed by atoms with van der Waals surface area (Å²) in [5.41, 5.74) is 3.00. The summed E-state index contributed by atoms with van der Waals surface area (Å²) in [6, 6.07) is 17.2. The van der Waals surface area contributed by atoms with Gasteiger partial charge in [0.25, 0.3) is 0 Å². The summed E-state index contributed by atoms with van der Waals surface area (Å²) in [5, 5.41) is 12.5. The van der Waals surface area contributed by atoms with Crippen LogP contribution in [0.5, 0.6) is 0 Å². The second kappa shape index (κ2) is 9.20. The molecule has 2 aromatic carbocycles. The normalized spacial score (nSPS) is 17.5. The molecule has 1 aromatic heterocycles. The maximum absolute atomic E-state index is 13.2. The Morgan fingerprint density at radius 3 is 2.47 bits per heavy atom. The number of tetrazole rings is 1. The molecule has 9 heteroatoms. The Morgan fingerprint density at radius 2 is 1.84 bits per heavy atom. The monoisotopic (exact) mass is 453 g/mol. The molecule has 0 aliphatic carbocycles. The van der Waals surface area contributed by atoms with E-state index in [0.29, 0.717) is 24.7 Å². The van der Waals surface area contributed by atoms with Gasteiger partial charge < -0.3 is 4.90 Å². The smallest absolute Gasteiger partial charge is 0.246 e. The second-order valence-corrected chi connectivity index (χ2v) is 10.7. The topological polar surface area (TPSA) is 98.0 Å². The molecule has 1 amide bonds. The fraction of sp³-hybridized carbons (Fsp3) is 0.391. The molecule has 1 saturated heterocycles. The van der Waals surface area contributed by atoms with E-state index in [-0.39, 0.29) is 30.0 Å². The zero-order valence-electron chi connectivity index (χ0n) is 18.3. The van der Waals surface area contributed by atoms with E-state index in [0.717, 1.165) is 11.1 Å². The van der Waals surface area contributed by atoms with E-state index in [1.807, 2.05) is 54.6 Å². The van der Waals surface area contributed by atoms with E-state index < -0.39 is 9.84 Å². The molecule has 3 aromatic rings. The zero-order valence-corrected chi connectivity index (χ0v) is 19.1. The lowest BCUT2D eigenvalue weighted by molar-refractivity contribution is -0.134. The Bertz CT molecular complexity index is 1170. The molecule has 0 unspecified atom stereocenters. The third-order valence-electron chi connectivity index (χ3n) is 5.73. The summed E-state index contributed by atoms with van der Waals surface area (Å²) < 4.78 is 24.1. The minimum Gasteiger partial charge on any atom is -0.333 e. The molecule has 0 spiro atoms. The van der Waals surface area contributed by atoms with Crippen molar-refractivity contribution in [3.05, 3.63) is 65.7 Å². The summed E-state index contributed by atoms with van der Waals surface area (Å²) in [6.45, 7) is 4.51. The number of sulfone groups is 1. The first-order valence-corrected chi connectivity index (χ1v) is 12.5. The molecule has 1 aliphatic rings. The van der Waals surface area contributed by atoms with Crippen molar-refractivity contribution in [1.82, 2.24) is 25.1 Å². The third-order valence-corrected chi connectivity index (χ3v) is 7.48. The Labute approximate surface area is 188 Å². The number of hydrogen-bond donors (Lipinski definition) is 0.